The van der Waals surface area contributed by atoms with Crippen molar-refractivity contribution in [2.45, 2.75) is 32.7 Å². The summed E-state index contributed by atoms with van der Waals surface area (Å²) in [5.74, 6) is 1.31. The number of aliphatic imine (C=N–C) groups is 1. The zero-order valence-electron chi connectivity index (χ0n) is 13.7. The number of hydrogen-bond donors (Lipinski definition) is 2. The molecule has 6 nitrogen and oxygen atoms in total. The summed E-state index contributed by atoms with van der Waals surface area (Å²) < 4.78 is 5.19. The first kappa shape index (κ1) is 20.4. The zero-order chi connectivity index (χ0) is 15.2. The minimum Gasteiger partial charge on any atom is -0.384 e. The van der Waals surface area contributed by atoms with Crippen LogP contribution in [0.4, 0.5) is 0 Å². The highest BCUT2D eigenvalue weighted by atomic mass is 127. The Balaban J connectivity index is 0.00000400. The molecular formula is C14H29IN4O2. The average molecular weight is 412 g/mol. The summed E-state index contributed by atoms with van der Waals surface area (Å²) in [6, 6.07) is 0. The van der Waals surface area contributed by atoms with Crippen molar-refractivity contribution >= 4 is 35.8 Å². The number of ether oxygens (including phenoxy) is 1. The molecule has 0 radical (unpaired) electrons. The van der Waals surface area contributed by atoms with Crippen LogP contribution in [0.25, 0.3) is 0 Å². The summed E-state index contributed by atoms with van der Waals surface area (Å²) in [5, 5.41) is 6.04. The van der Waals surface area contributed by atoms with Crippen molar-refractivity contribution in [2.75, 3.05) is 40.4 Å². The molecule has 2 N–H and O–H groups in total. The molecule has 1 saturated heterocycles. The minimum absolute atomic E-state index is 0. The number of rotatable bonds is 4. The van der Waals surface area contributed by atoms with Gasteiger partial charge in [0.1, 0.15) is 0 Å². The van der Waals surface area contributed by atoms with E-state index >= 15 is 0 Å². The van der Waals surface area contributed by atoms with Crippen LogP contribution in [0.3, 0.4) is 0 Å². The largest absolute Gasteiger partial charge is 0.384 e. The van der Waals surface area contributed by atoms with Crippen LogP contribution in [-0.2, 0) is 9.53 Å². The third kappa shape index (κ3) is 7.85. The fourth-order valence-electron chi connectivity index (χ4n) is 2.35. The number of likely N-dealkylation sites (tertiary alicyclic amines) is 1. The molecule has 0 aromatic carbocycles. The summed E-state index contributed by atoms with van der Waals surface area (Å²) in [4.78, 5) is 18.2. The molecule has 0 aliphatic carbocycles. The Labute approximate surface area is 145 Å². The van der Waals surface area contributed by atoms with E-state index in [2.05, 4.69) is 20.5 Å². The molecule has 1 atom stereocenters. The van der Waals surface area contributed by atoms with E-state index in [1.807, 2.05) is 20.8 Å². The monoisotopic (exact) mass is 412 g/mol. The maximum absolute atomic E-state index is 11.8. The zero-order valence-corrected chi connectivity index (χ0v) is 16.1. The van der Waals surface area contributed by atoms with Gasteiger partial charge < -0.3 is 20.3 Å². The Bertz CT molecular complexity index is 355. The van der Waals surface area contributed by atoms with Gasteiger partial charge in [-0.05, 0) is 27.2 Å². The first-order valence-electron chi connectivity index (χ1n) is 7.11. The molecule has 1 unspecified atom stereocenters. The molecule has 21 heavy (non-hydrogen) atoms. The van der Waals surface area contributed by atoms with E-state index in [9.17, 15) is 4.79 Å². The van der Waals surface area contributed by atoms with Gasteiger partial charge in [0.15, 0.2) is 5.96 Å². The smallest absolute Gasteiger partial charge is 0.239 e. The topological polar surface area (TPSA) is 66.0 Å². The van der Waals surface area contributed by atoms with Crippen LogP contribution in [0.5, 0.6) is 0 Å². The van der Waals surface area contributed by atoms with Crippen LogP contribution in [0, 0.1) is 5.92 Å². The molecule has 1 aliphatic heterocycles. The van der Waals surface area contributed by atoms with Crippen molar-refractivity contribution < 1.29 is 9.53 Å². The molecule has 0 spiro atoms. The number of methoxy groups -OCH3 is 1. The number of carbonyl (C=O) groups excluding carboxylic acids is 1. The molecule has 0 aromatic rings. The van der Waals surface area contributed by atoms with Crippen LogP contribution < -0.4 is 10.6 Å². The highest BCUT2D eigenvalue weighted by molar-refractivity contribution is 14.0. The van der Waals surface area contributed by atoms with Gasteiger partial charge in [0.2, 0.25) is 5.91 Å². The van der Waals surface area contributed by atoms with Crippen LogP contribution in [0.1, 0.15) is 27.2 Å². The Kier molecular flexibility index (Phi) is 9.19. The molecule has 0 bridgehead atoms. The number of hydrogen-bond acceptors (Lipinski definition) is 3. The van der Waals surface area contributed by atoms with Gasteiger partial charge in [-0.2, -0.15) is 0 Å². The molecule has 1 heterocycles. The maximum Gasteiger partial charge on any atom is 0.239 e. The number of nitrogens with one attached hydrogen (secondary N) is 2. The van der Waals surface area contributed by atoms with Gasteiger partial charge in [0.25, 0.3) is 0 Å². The van der Waals surface area contributed by atoms with E-state index in [1.54, 1.807) is 14.2 Å². The Morgan fingerprint density at radius 1 is 1.43 bits per heavy atom. The second-order valence-electron chi connectivity index (χ2n) is 6.26. The van der Waals surface area contributed by atoms with Gasteiger partial charge in [-0.3, -0.25) is 9.79 Å². The lowest BCUT2D eigenvalue weighted by molar-refractivity contribution is -0.121. The number of nitrogens with zero attached hydrogens (tertiary/aromatic N) is 2. The van der Waals surface area contributed by atoms with Crippen LogP contribution >= 0.6 is 24.0 Å². The quantitative estimate of drug-likeness (QED) is 0.412. The number of guanidine groups is 1. The lowest BCUT2D eigenvalue weighted by atomic mass is 10.1. The molecule has 124 valence electrons. The molecule has 1 fully saturated rings. The fraction of sp³-hybridized carbons (Fsp3) is 0.857. The van der Waals surface area contributed by atoms with Crippen LogP contribution in [-0.4, -0.2) is 62.7 Å². The molecule has 1 amide bonds. The van der Waals surface area contributed by atoms with Gasteiger partial charge in [-0.1, -0.05) is 0 Å². The van der Waals surface area contributed by atoms with E-state index in [0.717, 1.165) is 32.1 Å². The SMILES string of the molecule is CN=C(NCC(=O)NC(C)(C)C)N1CCC(COC)C1.I. The van der Waals surface area contributed by atoms with Gasteiger partial charge in [0.05, 0.1) is 13.2 Å². The molecule has 1 rings (SSSR count). The molecular weight excluding hydrogens is 383 g/mol. The number of halogens is 1. The molecule has 1 aliphatic rings. The van der Waals surface area contributed by atoms with E-state index < -0.39 is 0 Å². The lowest BCUT2D eigenvalue weighted by Gasteiger charge is -2.24. The third-order valence-corrected chi connectivity index (χ3v) is 3.12. The van der Waals surface area contributed by atoms with Crippen LogP contribution in [0.2, 0.25) is 0 Å². The summed E-state index contributed by atoms with van der Waals surface area (Å²) in [7, 11) is 3.47. The van der Waals surface area contributed by atoms with Crippen molar-refractivity contribution in [2.24, 2.45) is 10.9 Å². The third-order valence-electron chi connectivity index (χ3n) is 3.12. The van der Waals surface area contributed by atoms with E-state index in [4.69, 9.17) is 4.74 Å². The second-order valence-corrected chi connectivity index (χ2v) is 6.26. The highest BCUT2D eigenvalue weighted by Crippen LogP contribution is 2.16. The Morgan fingerprint density at radius 3 is 2.62 bits per heavy atom. The summed E-state index contributed by atoms with van der Waals surface area (Å²) in [6.45, 7) is 8.80. The van der Waals surface area contributed by atoms with Crippen molar-refractivity contribution in [1.82, 2.24) is 15.5 Å². The highest BCUT2D eigenvalue weighted by Gasteiger charge is 2.25. The molecule has 0 saturated carbocycles. The van der Waals surface area contributed by atoms with Crippen molar-refractivity contribution in [3.05, 3.63) is 0 Å². The van der Waals surface area contributed by atoms with Crippen molar-refractivity contribution in [3.8, 4) is 0 Å². The normalized spacial score (nSPS) is 19.2. The Morgan fingerprint density at radius 2 is 2.10 bits per heavy atom. The van der Waals surface area contributed by atoms with Gasteiger partial charge in [-0.25, -0.2) is 0 Å². The van der Waals surface area contributed by atoms with Crippen LogP contribution in [0.15, 0.2) is 4.99 Å². The van der Waals surface area contributed by atoms with Crippen molar-refractivity contribution in [3.63, 3.8) is 0 Å². The van der Waals surface area contributed by atoms with E-state index in [0.29, 0.717) is 5.92 Å². The van der Waals surface area contributed by atoms with Gasteiger partial charge >= 0.3 is 0 Å². The standard InChI is InChI=1S/C14H28N4O2.HI/c1-14(2,3)17-12(19)8-16-13(15-4)18-7-6-11(9-18)10-20-5;/h11H,6-10H2,1-5H3,(H,15,16)(H,17,19);1H. The number of amides is 1. The molecule has 7 heteroatoms. The van der Waals surface area contributed by atoms with E-state index in [1.165, 1.54) is 0 Å². The minimum atomic E-state index is -0.209. The Hall–Kier alpha value is -0.570. The molecule has 0 aromatic heterocycles. The maximum atomic E-state index is 11.8. The van der Waals surface area contributed by atoms with E-state index in [-0.39, 0.29) is 42.0 Å². The predicted molar refractivity (Wildman–Crippen MR) is 96.2 cm³/mol. The fourth-order valence-corrected chi connectivity index (χ4v) is 2.35. The second kappa shape index (κ2) is 9.45. The first-order chi connectivity index (χ1) is 9.35. The lowest BCUT2D eigenvalue weighted by Crippen LogP contribution is -2.48. The van der Waals surface area contributed by atoms with Gasteiger partial charge in [-0.15, -0.1) is 24.0 Å². The van der Waals surface area contributed by atoms with Crippen molar-refractivity contribution in [1.29, 1.82) is 0 Å². The number of carbonyl (C=O) groups is 1. The summed E-state index contributed by atoms with van der Waals surface area (Å²) in [6.07, 6.45) is 1.10. The first-order valence-corrected chi connectivity index (χ1v) is 7.11. The summed E-state index contributed by atoms with van der Waals surface area (Å²) >= 11 is 0. The summed E-state index contributed by atoms with van der Waals surface area (Å²) in [5.41, 5.74) is -0.209. The van der Waals surface area contributed by atoms with Gasteiger partial charge in [0, 0.05) is 38.7 Å². The average Bonchev–Trinajstić information content (AvgIpc) is 2.77. The predicted octanol–water partition coefficient (Wildman–Crippen LogP) is 1.06.